The number of rotatable bonds is 3. The van der Waals surface area contributed by atoms with Crippen molar-refractivity contribution in [2.75, 3.05) is 27.2 Å². The summed E-state index contributed by atoms with van der Waals surface area (Å²) in [5.41, 5.74) is 0. The fourth-order valence-electron chi connectivity index (χ4n) is 1.26. The Kier molecular flexibility index (Phi) is 4.24. The van der Waals surface area contributed by atoms with Crippen molar-refractivity contribution in [3.05, 3.63) is 24.3 Å². The maximum Gasteiger partial charge on any atom is 0.253 e. The Balaban J connectivity index is 2.50. The lowest BCUT2D eigenvalue weighted by Gasteiger charge is -2.19. The summed E-state index contributed by atoms with van der Waals surface area (Å²) in [6, 6.07) is 0. The van der Waals surface area contributed by atoms with Crippen molar-refractivity contribution in [2.45, 2.75) is 6.42 Å². The minimum absolute atomic E-state index is 0.222. The van der Waals surface area contributed by atoms with Gasteiger partial charge in [-0.1, -0.05) is 12.2 Å². The van der Waals surface area contributed by atoms with Gasteiger partial charge in [-0.2, -0.15) is 0 Å². The van der Waals surface area contributed by atoms with Crippen LogP contribution in [0.15, 0.2) is 24.3 Å². The Morgan fingerprint density at radius 3 is 2.93 bits per heavy atom. The van der Waals surface area contributed by atoms with Gasteiger partial charge in [-0.3, -0.25) is 14.5 Å². The molecule has 0 spiro atoms. The molecule has 1 aliphatic heterocycles. The molecule has 0 aromatic carbocycles. The summed E-state index contributed by atoms with van der Waals surface area (Å²) in [5.74, 6) is -0.452. The van der Waals surface area contributed by atoms with Crippen molar-refractivity contribution in [3.63, 3.8) is 0 Å². The number of nitrogens with zero attached hydrogens (tertiary/aromatic N) is 2. The number of likely N-dealkylation sites (N-methyl/N-ethyl adjacent to an activating group) is 1. The van der Waals surface area contributed by atoms with Crippen LogP contribution in [0.25, 0.3) is 0 Å². The quantitative estimate of drug-likeness (QED) is 0.631. The molecule has 0 bridgehead atoms. The minimum Gasteiger partial charge on any atom is -0.306 e. The van der Waals surface area contributed by atoms with E-state index in [1.165, 1.54) is 17.1 Å². The Labute approximate surface area is 89.8 Å². The number of imide groups is 1. The molecule has 1 aliphatic rings. The van der Waals surface area contributed by atoms with E-state index in [-0.39, 0.29) is 11.8 Å². The Morgan fingerprint density at radius 2 is 2.33 bits per heavy atom. The van der Waals surface area contributed by atoms with Crippen molar-refractivity contribution < 1.29 is 9.59 Å². The van der Waals surface area contributed by atoms with Gasteiger partial charge in [0.05, 0.1) is 0 Å². The van der Waals surface area contributed by atoms with Gasteiger partial charge in [0, 0.05) is 19.2 Å². The monoisotopic (exact) mass is 208 g/mol. The zero-order valence-corrected chi connectivity index (χ0v) is 9.14. The summed E-state index contributed by atoms with van der Waals surface area (Å²) >= 11 is 0. The predicted octanol–water partition coefficient (Wildman–Crippen LogP) is 0.419. The Morgan fingerprint density at radius 1 is 1.60 bits per heavy atom. The molecule has 0 radical (unpaired) electrons. The van der Waals surface area contributed by atoms with Gasteiger partial charge in [0.25, 0.3) is 11.8 Å². The first-order valence-corrected chi connectivity index (χ1v) is 4.94. The molecule has 0 aromatic rings. The summed E-state index contributed by atoms with van der Waals surface area (Å²) in [5, 5.41) is 0. The third-order valence-electron chi connectivity index (χ3n) is 2.04. The molecule has 0 N–H and O–H groups in total. The Hall–Kier alpha value is -1.42. The maximum atomic E-state index is 11.6. The highest BCUT2D eigenvalue weighted by molar-refractivity contribution is 6.05. The second-order valence-corrected chi connectivity index (χ2v) is 3.68. The first-order valence-electron chi connectivity index (χ1n) is 4.94. The fraction of sp³-hybridized carbons (Fsp3) is 0.455. The minimum atomic E-state index is -0.230. The van der Waals surface area contributed by atoms with E-state index in [0.717, 1.165) is 6.42 Å². The van der Waals surface area contributed by atoms with E-state index in [2.05, 4.69) is 0 Å². The SMILES string of the molecule is CN(C)C/C=C/C(=O)N1CCC=CC1=O. The third kappa shape index (κ3) is 3.67. The second-order valence-electron chi connectivity index (χ2n) is 3.68. The van der Waals surface area contributed by atoms with E-state index in [4.69, 9.17) is 0 Å². The van der Waals surface area contributed by atoms with Gasteiger partial charge in [0.2, 0.25) is 0 Å². The van der Waals surface area contributed by atoms with E-state index in [0.29, 0.717) is 13.1 Å². The van der Waals surface area contributed by atoms with Crippen molar-refractivity contribution in [1.29, 1.82) is 0 Å². The van der Waals surface area contributed by atoms with Crippen LogP contribution in [0.2, 0.25) is 0 Å². The first-order chi connectivity index (χ1) is 7.11. The highest BCUT2D eigenvalue weighted by Gasteiger charge is 2.18. The highest BCUT2D eigenvalue weighted by atomic mass is 16.2. The molecule has 0 saturated heterocycles. The standard InChI is InChI=1S/C11H16N2O2/c1-12(2)8-5-7-11(15)13-9-4-3-6-10(13)14/h3,5-7H,4,8-9H2,1-2H3/b7-5+. The molecular weight excluding hydrogens is 192 g/mol. The van der Waals surface area contributed by atoms with Crippen LogP contribution in [-0.4, -0.2) is 48.8 Å². The molecule has 4 nitrogen and oxygen atoms in total. The molecule has 4 heteroatoms. The van der Waals surface area contributed by atoms with Gasteiger partial charge in [-0.15, -0.1) is 0 Å². The summed E-state index contributed by atoms with van der Waals surface area (Å²) in [6.07, 6.45) is 7.20. The van der Waals surface area contributed by atoms with Crippen LogP contribution in [0.4, 0.5) is 0 Å². The van der Waals surface area contributed by atoms with Gasteiger partial charge >= 0.3 is 0 Å². The van der Waals surface area contributed by atoms with E-state index in [1.807, 2.05) is 19.0 Å². The van der Waals surface area contributed by atoms with Crippen LogP contribution in [0.3, 0.4) is 0 Å². The van der Waals surface area contributed by atoms with Crippen molar-refractivity contribution in [3.8, 4) is 0 Å². The van der Waals surface area contributed by atoms with Gasteiger partial charge < -0.3 is 4.90 Å². The van der Waals surface area contributed by atoms with Crippen molar-refractivity contribution >= 4 is 11.8 Å². The van der Waals surface area contributed by atoms with E-state index in [1.54, 1.807) is 12.2 Å². The lowest BCUT2D eigenvalue weighted by molar-refractivity contribution is -0.139. The summed E-state index contributed by atoms with van der Waals surface area (Å²) in [4.78, 5) is 26.1. The molecule has 0 unspecified atom stereocenters. The number of amides is 2. The molecule has 82 valence electrons. The maximum absolute atomic E-state index is 11.6. The fourth-order valence-corrected chi connectivity index (χ4v) is 1.26. The van der Waals surface area contributed by atoms with E-state index in [9.17, 15) is 9.59 Å². The van der Waals surface area contributed by atoms with Gasteiger partial charge in [0.1, 0.15) is 0 Å². The molecule has 1 rings (SSSR count). The van der Waals surface area contributed by atoms with E-state index < -0.39 is 0 Å². The highest BCUT2D eigenvalue weighted by Crippen LogP contribution is 2.03. The smallest absolute Gasteiger partial charge is 0.253 e. The third-order valence-corrected chi connectivity index (χ3v) is 2.04. The van der Waals surface area contributed by atoms with Crippen LogP contribution in [0.1, 0.15) is 6.42 Å². The lowest BCUT2D eigenvalue weighted by atomic mass is 10.2. The van der Waals surface area contributed by atoms with Gasteiger partial charge in [-0.05, 0) is 26.6 Å². The molecule has 0 fully saturated rings. The number of carbonyl (C=O) groups excluding carboxylic acids is 2. The largest absolute Gasteiger partial charge is 0.306 e. The van der Waals surface area contributed by atoms with Gasteiger partial charge in [-0.25, -0.2) is 0 Å². The molecule has 0 aromatic heterocycles. The average Bonchev–Trinajstić information content (AvgIpc) is 2.17. The lowest BCUT2D eigenvalue weighted by Crippen LogP contribution is -2.37. The second kappa shape index (κ2) is 5.46. The molecular formula is C11H16N2O2. The zero-order chi connectivity index (χ0) is 11.3. The normalized spacial score (nSPS) is 16.7. The van der Waals surface area contributed by atoms with Gasteiger partial charge in [0.15, 0.2) is 0 Å². The van der Waals surface area contributed by atoms with Crippen molar-refractivity contribution in [1.82, 2.24) is 9.80 Å². The van der Waals surface area contributed by atoms with Crippen LogP contribution in [-0.2, 0) is 9.59 Å². The summed E-state index contributed by atoms with van der Waals surface area (Å²) in [7, 11) is 3.84. The molecule has 0 atom stereocenters. The molecule has 1 heterocycles. The molecule has 0 saturated carbocycles. The summed E-state index contributed by atoms with van der Waals surface area (Å²) < 4.78 is 0. The van der Waals surface area contributed by atoms with Crippen molar-refractivity contribution in [2.24, 2.45) is 0 Å². The molecule has 15 heavy (non-hydrogen) atoms. The topological polar surface area (TPSA) is 40.6 Å². The molecule has 0 aliphatic carbocycles. The molecule has 2 amide bonds. The van der Waals surface area contributed by atoms with E-state index >= 15 is 0 Å². The zero-order valence-electron chi connectivity index (χ0n) is 9.14. The number of carbonyl (C=O) groups is 2. The number of hydrogen-bond donors (Lipinski definition) is 0. The first kappa shape index (κ1) is 11.7. The van der Waals surface area contributed by atoms with Crippen LogP contribution >= 0.6 is 0 Å². The Bertz CT molecular complexity index is 306. The van der Waals surface area contributed by atoms with Crippen LogP contribution in [0, 0.1) is 0 Å². The number of hydrogen-bond acceptors (Lipinski definition) is 3. The van der Waals surface area contributed by atoms with Crippen LogP contribution in [0.5, 0.6) is 0 Å². The predicted molar refractivity (Wildman–Crippen MR) is 58.2 cm³/mol. The van der Waals surface area contributed by atoms with Crippen LogP contribution < -0.4 is 0 Å². The summed E-state index contributed by atoms with van der Waals surface area (Å²) in [6.45, 7) is 1.18. The average molecular weight is 208 g/mol.